The Morgan fingerprint density at radius 3 is 2.55 bits per heavy atom. The van der Waals surface area contributed by atoms with Gasteiger partial charge in [-0.1, -0.05) is 23.5 Å². The molecule has 150 valence electrons. The van der Waals surface area contributed by atoms with Crippen LogP contribution < -0.4 is 29.3 Å². The Morgan fingerprint density at radius 1 is 1.03 bits per heavy atom. The summed E-state index contributed by atoms with van der Waals surface area (Å²) in [5, 5.41) is 0. The van der Waals surface area contributed by atoms with Gasteiger partial charge in [-0.2, -0.15) is 0 Å². The smallest absolute Gasteiger partial charge is 0.271 e. The average molecular weight is 410 g/mol. The number of ether oxygens (including phenoxy) is 2. The van der Waals surface area contributed by atoms with Crippen LogP contribution in [0, 0.1) is 13.8 Å². The predicted molar refractivity (Wildman–Crippen MR) is 116 cm³/mol. The minimum Gasteiger partial charge on any atom is -0.493 e. The summed E-state index contributed by atoms with van der Waals surface area (Å²) in [4.78, 5) is 20.5. The molecule has 29 heavy (non-hydrogen) atoms. The van der Waals surface area contributed by atoms with Crippen LogP contribution >= 0.6 is 11.3 Å². The van der Waals surface area contributed by atoms with Gasteiger partial charge in [-0.15, -0.1) is 0 Å². The maximum absolute atomic E-state index is 13.0. The Labute approximate surface area is 173 Å². The fourth-order valence-corrected chi connectivity index (χ4v) is 4.25. The first-order chi connectivity index (χ1) is 14.0. The molecule has 2 aromatic carbocycles. The van der Waals surface area contributed by atoms with Gasteiger partial charge in [0.05, 0.1) is 18.8 Å². The normalized spacial score (nSPS) is 13.8. The molecule has 0 N–H and O–H groups in total. The van der Waals surface area contributed by atoms with Crippen LogP contribution in [0.2, 0.25) is 0 Å². The number of anilines is 1. The molecule has 0 saturated carbocycles. The number of benzene rings is 2. The first kappa shape index (κ1) is 19.3. The third-order valence-corrected chi connectivity index (χ3v) is 6.18. The van der Waals surface area contributed by atoms with Gasteiger partial charge in [0, 0.05) is 5.69 Å². The number of methoxy groups -OCH3 is 2. The highest BCUT2D eigenvalue weighted by Crippen LogP contribution is 2.27. The van der Waals surface area contributed by atoms with Gasteiger partial charge < -0.3 is 14.4 Å². The second kappa shape index (κ2) is 7.75. The molecule has 0 amide bonds. The van der Waals surface area contributed by atoms with E-state index in [0.717, 1.165) is 16.1 Å². The SMILES string of the molecule is COc1ccc(C=c2sc3n(c2=O)CN(c2ccc(C)c(C)c2)CN=3)cc1OC. The van der Waals surface area contributed by atoms with Gasteiger partial charge in [-0.3, -0.25) is 9.36 Å². The van der Waals surface area contributed by atoms with Crippen molar-refractivity contribution in [2.24, 2.45) is 4.99 Å². The van der Waals surface area contributed by atoms with Crippen LogP contribution in [0.4, 0.5) is 5.69 Å². The van der Waals surface area contributed by atoms with Crippen molar-refractivity contribution in [2.45, 2.75) is 20.5 Å². The predicted octanol–water partition coefficient (Wildman–Crippen LogP) is 2.43. The molecule has 0 spiro atoms. The molecular formula is C22H23N3O3S. The van der Waals surface area contributed by atoms with E-state index in [0.29, 0.717) is 29.4 Å². The van der Waals surface area contributed by atoms with Crippen molar-refractivity contribution in [3.63, 3.8) is 0 Å². The van der Waals surface area contributed by atoms with Crippen LogP contribution in [0.15, 0.2) is 46.2 Å². The first-order valence-corrected chi connectivity index (χ1v) is 10.1. The van der Waals surface area contributed by atoms with E-state index < -0.39 is 0 Å². The highest BCUT2D eigenvalue weighted by atomic mass is 32.1. The Hall–Kier alpha value is -3.06. The van der Waals surface area contributed by atoms with Crippen LogP contribution in [0.1, 0.15) is 16.7 Å². The van der Waals surface area contributed by atoms with Crippen molar-refractivity contribution in [2.75, 3.05) is 25.8 Å². The monoisotopic (exact) mass is 409 g/mol. The summed E-state index contributed by atoms with van der Waals surface area (Å²) in [5.41, 5.74) is 4.41. The number of aryl methyl sites for hydroxylation is 2. The Morgan fingerprint density at radius 2 is 1.83 bits per heavy atom. The quantitative estimate of drug-likeness (QED) is 0.664. The van der Waals surface area contributed by atoms with Crippen molar-refractivity contribution in [1.82, 2.24) is 4.57 Å². The lowest BCUT2D eigenvalue weighted by Gasteiger charge is -2.26. The van der Waals surface area contributed by atoms with E-state index in [-0.39, 0.29) is 5.56 Å². The molecule has 0 radical (unpaired) electrons. The molecule has 0 bridgehead atoms. The molecule has 2 heterocycles. The molecule has 0 unspecified atom stereocenters. The highest BCUT2D eigenvalue weighted by molar-refractivity contribution is 7.07. The lowest BCUT2D eigenvalue weighted by Crippen LogP contribution is -2.42. The largest absolute Gasteiger partial charge is 0.493 e. The Balaban J connectivity index is 1.69. The van der Waals surface area contributed by atoms with Gasteiger partial charge in [0.25, 0.3) is 5.56 Å². The van der Waals surface area contributed by atoms with E-state index in [2.05, 4.69) is 41.9 Å². The third-order valence-electron chi connectivity index (χ3n) is 5.14. The highest BCUT2D eigenvalue weighted by Gasteiger charge is 2.16. The fourth-order valence-electron chi connectivity index (χ4n) is 3.29. The van der Waals surface area contributed by atoms with E-state index >= 15 is 0 Å². The molecule has 1 aliphatic heterocycles. The van der Waals surface area contributed by atoms with Gasteiger partial charge in [0.15, 0.2) is 16.3 Å². The second-order valence-electron chi connectivity index (χ2n) is 6.99. The zero-order valence-electron chi connectivity index (χ0n) is 16.9. The standard InChI is InChI=1S/C22H23N3O3S/c1-14-5-7-17(9-15(14)2)24-12-23-22-25(13-24)21(26)20(29-22)11-16-6-8-18(27-3)19(10-16)28-4/h5-11H,12-13H2,1-4H3. The molecule has 0 atom stereocenters. The van der Waals surface area contributed by atoms with Crippen LogP contribution in [-0.2, 0) is 6.67 Å². The third kappa shape index (κ3) is 3.65. The van der Waals surface area contributed by atoms with Crippen LogP contribution in [-0.4, -0.2) is 25.5 Å². The molecule has 4 rings (SSSR count). The van der Waals surface area contributed by atoms with Gasteiger partial charge in [0.2, 0.25) is 0 Å². The number of hydrogen-bond donors (Lipinski definition) is 0. The van der Waals surface area contributed by atoms with Crippen LogP contribution in [0.25, 0.3) is 6.08 Å². The zero-order chi connectivity index (χ0) is 20.5. The molecule has 0 fully saturated rings. The van der Waals surface area contributed by atoms with Crippen molar-refractivity contribution in [3.05, 3.63) is 72.8 Å². The topological polar surface area (TPSA) is 56.1 Å². The van der Waals surface area contributed by atoms with E-state index in [1.807, 2.05) is 24.3 Å². The fraction of sp³-hybridized carbons (Fsp3) is 0.273. The summed E-state index contributed by atoms with van der Waals surface area (Å²) in [7, 11) is 3.20. The molecule has 6 nitrogen and oxygen atoms in total. The Kier molecular flexibility index (Phi) is 5.15. The number of aromatic nitrogens is 1. The zero-order valence-corrected chi connectivity index (χ0v) is 17.7. The summed E-state index contributed by atoms with van der Waals surface area (Å²) < 4.78 is 13.0. The van der Waals surface area contributed by atoms with Crippen LogP contribution in [0.5, 0.6) is 11.5 Å². The summed E-state index contributed by atoms with van der Waals surface area (Å²) in [6, 6.07) is 11.9. The number of nitrogens with zero attached hydrogens (tertiary/aromatic N) is 3. The second-order valence-corrected chi connectivity index (χ2v) is 8.00. The molecule has 1 aliphatic rings. The summed E-state index contributed by atoms with van der Waals surface area (Å²) in [6.45, 7) is 5.23. The van der Waals surface area contributed by atoms with Crippen molar-refractivity contribution < 1.29 is 9.47 Å². The van der Waals surface area contributed by atoms with E-state index in [1.54, 1.807) is 18.8 Å². The van der Waals surface area contributed by atoms with E-state index in [1.165, 1.54) is 22.5 Å². The first-order valence-electron chi connectivity index (χ1n) is 9.30. The number of hydrogen-bond acceptors (Lipinski definition) is 6. The van der Waals surface area contributed by atoms with Crippen LogP contribution in [0.3, 0.4) is 0 Å². The van der Waals surface area contributed by atoms with E-state index in [4.69, 9.17) is 9.47 Å². The minimum atomic E-state index is -0.0305. The van der Waals surface area contributed by atoms with Crippen molar-refractivity contribution >= 4 is 23.1 Å². The molecule has 7 heteroatoms. The number of fused-ring (bicyclic) bond motifs is 1. The van der Waals surface area contributed by atoms with Crippen molar-refractivity contribution in [3.8, 4) is 11.5 Å². The van der Waals surface area contributed by atoms with Gasteiger partial charge >= 0.3 is 0 Å². The summed E-state index contributed by atoms with van der Waals surface area (Å²) >= 11 is 1.41. The maximum atomic E-state index is 13.0. The lowest BCUT2D eigenvalue weighted by molar-refractivity contribution is 0.355. The lowest BCUT2D eigenvalue weighted by atomic mass is 10.1. The molecular weight excluding hydrogens is 386 g/mol. The number of rotatable bonds is 4. The molecule has 3 aromatic rings. The number of thiazole rings is 1. The maximum Gasteiger partial charge on any atom is 0.271 e. The van der Waals surface area contributed by atoms with Gasteiger partial charge in [0.1, 0.15) is 13.3 Å². The van der Waals surface area contributed by atoms with Crippen molar-refractivity contribution in [1.29, 1.82) is 0 Å². The summed E-state index contributed by atoms with van der Waals surface area (Å²) in [5.74, 6) is 1.29. The minimum absolute atomic E-state index is 0.0305. The summed E-state index contributed by atoms with van der Waals surface area (Å²) in [6.07, 6.45) is 1.87. The Bertz CT molecular complexity index is 1240. The average Bonchev–Trinajstić information content (AvgIpc) is 3.04. The molecule has 0 saturated heterocycles. The molecule has 1 aromatic heterocycles. The van der Waals surface area contributed by atoms with Gasteiger partial charge in [-0.25, -0.2) is 4.99 Å². The van der Waals surface area contributed by atoms with Gasteiger partial charge in [-0.05, 0) is 60.9 Å². The van der Waals surface area contributed by atoms with E-state index in [9.17, 15) is 4.79 Å². The molecule has 0 aliphatic carbocycles.